The van der Waals surface area contributed by atoms with Gasteiger partial charge in [0.1, 0.15) is 0 Å². The highest BCUT2D eigenvalue weighted by Crippen LogP contribution is 2.27. The summed E-state index contributed by atoms with van der Waals surface area (Å²) in [4.78, 5) is 12.6. The first-order chi connectivity index (χ1) is 9.26. The maximum atomic E-state index is 12.6. The van der Waals surface area contributed by atoms with E-state index in [0.717, 1.165) is 24.8 Å². The maximum Gasteiger partial charge on any atom is 0.163 e. The standard InChI is InChI=1S/C19H30O/c1-7-15-9-10-16(8-2)17(12-15)18(20)11-14(3)13-19(4,5)6/h9-10,12,14H,7-8,11,13H2,1-6H3. The summed E-state index contributed by atoms with van der Waals surface area (Å²) in [5, 5.41) is 0. The van der Waals surface area contributed by atoms with E-state index in [1.54, 1.807) is 0 Å². The molecule has 0 saturated carbocycles. The Kier molecular flexibility index (Phi) is 5.98. The highest BCUT2D eigenvalue weighted by Gasteiger charge is 2.19. The molecule has 0 saturated heterocycles. The lowest BCUT2D eigenvalue weighted by molar-refractivity contribution is 0.0953. The van der Waals surface area contributed by atoms with Gasteiger partial charge in [0.2, 0.25) is 0 Å². The third kappa shape index (κ3) is 5.11. The molecule has 1 aromatic carbocycles. The fraction of sp³-hybridized carbons (Fsp3) is 0.632. The Morgan fingerprint density at radius 2 is 1.80 bits per heavy atom. The number of hydrogen-bond acceptors (Lipinski definition) is 1. The van der Waals surface area contributed by atoms with Gasteiger partial charge in [0.25, 0.3) is 0 Å². The van der Waals surface area contributed by atoms with Crippen LogP contribution in [0.4, 0.5) is 0 Å². The quantitative estimate of drug-likeness (QED) is 0.630. The van der Waals surface area contributed by atoms with Gasteiger partial charge < -0.3 is 0 Å². The van der Waals surface area contributed by atoms with Crippen LogP contribution >= 0.6 is 0 Å². The Bertz CT molecular complexity index is 451. The summed E-state index contributed by atoms with van der Waals surface area (Å²) in [5.74, 6) is 0.756. The Morgan fingerprint density at radius 1 is 1.15 bits per heavy atom. The molecule has 0 spiro atoms. The Labute approximate surface area is 124 Å². The molecule has 1 aromatic rings. The summed E-state index contributed by atoms with van der Waals surface area (Å²) < 4.78 is 0. The summed E-state index contributed by atoms with van der Waals surface area (Å²) in [6, 6.07) is 6.37. The summed E-state index contributed by atoms with van der Waals surface area (Å²) in [7, 11) is 0. The van der Waals surface area contributed by atoms with Gasteiger partial charge in [0.05, 0.1) is 0 Å². The molecule has 0 aliphatic heterocycles. The molecule has 1 nitrogen and oxygen atoms in total. The number of benzene rings is 1. The highest BCUT2D eigenvalue weighted by atomic mass is 16.1. The first-order valence-corrected chi connectivity index (χ1v) is 7.91. The predicted octanol–water partition coefficient (Wildman–Crippen LogP) is 5.46. The van der Waals surface area contributed by atoms with E-state index in [9.17, 15) is 4.79 Å². The summed E-state index contributed by atoms with van der Waals surface area (Å²) in [5.41, 5.74) is 3.69. The Hall–Kier alpha value is -1.11. The van der Waals surface area contributed by atoms with Crippen LogP contribution in [0.25, 0.3) is 0 Å². The van der Waals surface area contributed by atoms with Gasteiger partial charge in [0.15, 0.2) is 5.78 Å². The van der Waals surface area contributed by atoms with E-state index in [-0.39, 0.29) is 0 Å². The number of aryl methyl sites for hydroxylation is 2. The van der Waals surface area contributed by atoms with Crippen molar-refractivity contribution in [3.05, 3.63) is 34.9 Å². The maximum absolute atomic E-state index is 12.6. The van der Waals surface area contributed by atoms with Crippen molar-refractivity contribution in [1.82, 2.24) is 0 Å². The minimum atomic E-state index is 0.290. The molecule has 0 bridgehead atoms. The van der Waals surface area contributed by atoms with E-state index in [4.69, 9.17) is 0 Å². The van der Waals surface area contributed by atoms with Crippen molar-refractivity contribution in [2.24, 2.45) is 11.3 Å². The van der Waals surface area contributed by atoms with Crippen molar-refractivity contribution in [3.63, 3.8) is 0 Å². The molecule has 0 aliphatic carbocycles. The molecule has 20 heavy (non-hydrogen) atoms. The second kappa shape index (κ2) is 7.06. The van der Waals surface area contributed by atoms with Crippen LogP contribution in [-0.4, -0.2) is 5.78 Å². The fourth-order valence-electron chi connectivity index (χ4n) is 2.96. The lowest BCUT2D eigenvalue weighted by Crippen LogP contribution is -2.15. The predicted molar refractivity (Wildman–Crippen MR) is 87.4 cm³/mol. The molecule has 1 atom stereocenters. The van der Waals surface area contributed by atoms with Crippen molar-refractivity contribution < 1.29 is 4.79 Å². The zero-order chi connectivity index (χ0) is 15.3. The molecule has 1 rings (SSSR count). The van der Waals surface area contributed by atoms with Crippen LogP contribution in [-0.2, 0) is 12.8 Å². The topological polar surface area (TPSA) is 17.1 Å². The zero-order valence-electron chi connectivity index (χ0n) is 14.0. The van der Waals surface area contributed by atoms with E-state index < -0.39 is 0 Å². The van der Waals surface area contributed by atoms with E-state index in [0.29, 0.717) is 23.5 Å². The van der Waals surface area contributed by atoms with E-state index in [1.807, 2.05) is 0 Å². The van der Waals surface area contributed by atoms with Gasteiger partial charge in [0, 0.05) is 12.0 Å². The van der Waals surface area contributed by atoms with Gasteiger partial charge in [-0.15, -0.1) is 0 Å². The van der Waals surface area contributed by atoms with Gasteiger partial charge in [-0.3, -0.25) is 4.79 Å². The highest BCUT2D eigenvalue weighted by molar-refractivity contribution is 5.97. The number of carbonyl (C=O) groups excluding carboxylic acids is 1. The van der Waals surface area contributed by atoms with E-state index in [2.05, 4.69) is 59.7 Å². The molecule has 0 heterocycles. The number of rotatable bonds is 6. The first kappa shape index (κ1) is 16.9. The number of hydrogen-bond donors (Lipinski definition) is 0. The summed E-state index contributed by atoms with van der Waals surface area (Å²) in [6.07, 6.45) is 3.67. The minimum Gasteiger partial charge on any atom is -0.294 e. The van der Waals surface area contributed by atoms with E-state index >= 15 is 0 Å². The lowest BCUT2D eigenvalue weighted by atomic mass is 9.82. The first-order valence-electron chi connectivity index (χ1n) is 7.91. The molecular weight excluding hydrogens is 244 g/mol. The van der Waals surface area contributed by atoms with Crippen LogP contribution < -0.4 is 0 Å². The van der Waals surface area contributed by atoms with Crippen molar-refractivity contribution in [2.45, 2.75) is 67.2 Å². The zero-order valence-corrected chi connectivity index (χ0v) is 14.0. The van der Waals surface area contributed by atoms with Gasteiger partial charge in [-0.05, 0) is 47.8 Å². The third-order valence-electron chi connectivity index (χ3n) is 3.76. The largest absolute Gasteiger partial charge is 0.294 e. The minimum absolute atomic E-state index is 0.290. The molecule has 0 N–H and O–H groups in total. The fourth-order valence-corrected chi connectivity index (χ4v) is 2.96. The molecule has 0 fully saturated rings. The van der Waals surface area contributed by atoms with Crippen molar-refractivity contribution in [2.75, 3.05) is 0 Å². The Balaban J connectivity index is 2.86. The van der Waals surface area contributed by atoms with Crippen LogP contribution in [0.1, 0.15) is 75.9 Å². The van der Waals surface area contributed by atoms with Crippen molar-refractivity contribution >= 4 is 5.78 Å². The van der Waals surface area contributed by atoms with Gasteiger partial charge >= 0.3 is 0 Å². The van der Waals surface area contributed by atoms with Gasteiger partial charge in [-0.1, -0.05) is 53.7 Å². The molecule has 112 valence electrons. The summed E-state index contributed by atoms with van der Waals surface area (Å²) >= 11 is 0. The second-order valence-corrected chi connectivity index (χ2v) is 7.20. The molecule has 1 unspecified atom stereocenters. The molecule has 1 heteroatoms. The molecule has 0 radical (unpaired) electrons. The smallest absolute Gasteiger partial charge is 0.163 e. The van der Waals surface area contributed by atoms with Crippen LogP contribution in [0.15, 0.2) is 18.2 Å². The van der Waals surface area contributed by atoms with E-state index in [1.165, 1.54) is 11.1 Å². The van der Waals surface area contributed by atoms with Crippen molar-refractivity contribution in [1.29, 1.82) is 0 Å². The lowest BCUT2D eigenvalue weighted by Gasteiger charge is -2.23. The Morgan fingerprint density at radius 3 is 2.30 bits per heavy atom. The third-order valence-corrected chi connectivity index (χ3v) is 3.76. The van der Waals surface area contributed by atoms with Gasteiger partial charge in [-0.25, -0.2) is 0 Å². The normalized spacial score (nSPS) is 13.3. The summed E-state index contributed by atoms with van der Waals surface area (Å²) in [6.45, 7) is 13.2. The van der Waals surface area contributed by atoms with Crippen LogP contribution in [0.3, 0.4) is 0 Å². The molecule has 0 aliphatic rings. The number of ketones is 1. The number of carbonyl (C=O) groups is 1. The van der Waals surface area contributed by atoms with Crippen LogP contribution in [0.2, 0.25) is 0 Å². The average molecular weight is 274 g/mol. The monoisotopic (exact) mass is 274 g/mol. The molecule has 0 amide bonds. The average Bonchev–Trinajstić information content (AvgIpc) is 2.35. The second-order valence-electron chi connectivity index (χ2n) is 7.20. The van der Waals surface area contributed by atoms with Crippen molar-refractivity contribution in [3.8, 4) is 0 Å². The van der Waals surface area contributed by atoms with Crippen LogP contribution in [0.5, 0.6) is 0 Å². The number of Topliss-reactive ketones (excluding diaryl/α,β-unsaturated/α-hetero) is 1. The van der Waals surface area contributed by atoms with Crippen LogP contribution in [0, 0.1) is 11.3 Å². The SMILES string of the molecule is CCc1ccc(CC)c(C(=O)CC(C)CC(C)(C)C)c1. The molecule has 0 aromatic heterocycles. The molecular formula is C19H30O. The van der Waals surface area contributed by atoms with Gasteiger partial charge in [-0.2, -0.15) is 0 Å².